The average molecular weight is 327 g/mol. The molecule has 0 bridgehead atoms. The number of rotatable bonds is 9. The Hall–Kier alpha value is -1.57. The molecule has 0 aliphatic heterocycles. The number of aliphatic hydroxyl groups is 2. The van der Waals surface area contributed by atoms with Crippen LogP contribution in [0.2, 0.25) is 0 Å². The lowest BCUT2D eigenvalue weighted by atomic mass is 10.2. The molecule has 0 fully saturated rings. The van der Waals surface area contributed by atoms with E-state index in [9.17, 15) is 14.7 Å². The third kappa shape index (κ3) is 7.44. The van der Waals surface area contributed by atoms with Crippen molar-refractivity contribution in [2.24, 2.45) is 0 Å². The van der Waals surface area contributed by atoms with Crippen LogP contribution in [0.15, 0.2) is 30.3 Å². The molecule has 1 aromatic carbocycles. The molecule has 0 aromatic heterocycles. The van der Waals surface area contributed by atoms with E-state index in [0.717, 1.165) is 5.56 Å². The maximum Gasteiger partial charge on any atom is 0.329 e. The Bertz CT molecular complexity index is 468. The molecule has 2 unspecified atom stereocenters. The number of amides is 1. The number of esters is 1. The lowest BCUT2D eigenvalue weighted by molar-refractivity contribution is -0.148. The van der Waals surface area contributed by atoms with Crippen LogP contribution >= 0.6 is 11.8 Å². The zero-order chi connectivity index (χ0) is 16.4. The maximum absolute atomic E-state index is 12.0. The molecule has 0 radical (unpaired) electrons. The highest BCUT2D eigenvalue weighted by atomic mass is 32.2. The van der Waals surface area contributed by atoms with Gasteiger partial charge >= 0.3 is 5.97 Å². The van der Waals surface area contributed by atoms with Crippen molar-refractivity contribution >= 4 is 23.6 Å². The van der Waals surface area contributed by atoms with Crippen LogP contribution in [0.4, 0.5) is 0 Å². The van der Waals surface area contributed by atoms with Crippen molar-refractivity contribution in [2.45, 2.75) is 25.7 Å². The van der Waals surface area contributed by atoms with Gasteiger partial charge in [0, 0.05) is 18.4 Å². The number of thioether (sulfide) groups is 1. The van der Waals surface area contributed by atoms with Crippen molar-refractivity contribution in [3.8, 4) is 0 Å². The van der Waals surface area contributed by atoms with Crippen molar-refractivity contribution in [2.75, 3.05) is 18.1 Å². The summed E-state index contributed by atoms with van der Waals surface area (Å²) in [6.07, 6.45) is -0.844. The fourth-order valence-corrected chi connectivity index (χ4v) is 2.59. The minimum atomic E-state index is -0.844. The lowest BCUT2D eigenvalue weighted by Crippen LogP contribution is -2.42. The first-order valence-electron chi connectivity index (χ1n) is 6.87. The molecule has 0 saturated heterocycles. The van der Waals surface area contributed by atoms with Crippen molar-refractivity contribution in [3.63, 3.8) is 0 Å². The monoisotopic (exact) mass is 327 g/mol. The Balaban J connectivity index is 2.47. The number of hydrogen-bond donors (Lipinski definition) is 3. The number of nitrogens with one attached hydrogen (secondary N) is 1. The van der Waals surface area contributed by atoms with Gasteiger partial charge in [-0.05, 0) is 5.56 Å². The molecule has 0 aliphatic carbocycles. The summed E-state index contributed by atoms with van der Waals surface area (Å²) in [5, 5.41) is 20.5. The van der Waals surface area contributed by atoms with Crippen LogP contribution in [-0.2, 0) is 20.9 Å². The van der Waals surface area contributed by atoms with E-state index in [2.05, 4.69) is 5.32 Å². The van der Waals surface area contributed by atoms with E-state index in [1.807, 2.05) is 30.3 Å². The third-order valence-corrected chi connectivity index (χ3v) is 3.88. The molecular weight excluding hydrogens is 306 g/mol. The molecule has 7 heteroatoms. The van der Waals surface area contributed by atoms with Crippen LogP contribution in [0.3, 0.4) is 0 Å². The maximum atomic E-state index is 12.0. The molecule has 2 atom stereocenters. The van der Waals surface area contributed by atoms with Gasteiger partial charge in [0.15, 0.2) is 0 Å². The summed E-state index contributed by atoms with van der Waals surface area (Å²) in [5.41, 5.74) is 0.862. The number of hydrogen-bond acceptors (Lipinski definition) is 6. The summed E-state index contributed by atoms with van der Waals surface area (Å²) in [4.78, 5) is 23.2. The molecule has 0 heterocycles. The number of carbonyl (C=O) groups is 2. The second-order valence-electron chi connectivity index (χ2n) is 4.72. The number of aliphatic hydroxyl groups excluding tert-OH is 2. The van der Waals surface area contributed by atoms with Crippen LogP contribution < -0.4 is 5.32 Å². The van der Waals surface area contributed by atoms with Crippen LogP contribution in [0.1, 0.15) is 12.5 Å². The summed E-state index contributed by atoms with van der Waals surface area (Å²) in [6.45, 7) is 1.13. The molecule has 1 aromatic rings. The van der Waals surface area contributed by atoms with E-state index in [1.165, 1.54) is 18.7 Å². The molecule has 1 amide bonds. The number of ether oxygens (including phenoxy) is 1. The summed E-state index contributed by atoms with van der Waals surface area (Å²) >= 11 is 1.26. The van der Waals surface area contributed by atoms with Gasteiger partial charge in [0.25, 0.3) is 0 Å². The van der Waals surface area contributed by atoms with Crippen molar-refractivity contribution in [3.05, 3.63) is 35.9 Å². The molecule has 0 saturated carbocycles. The van der Waals surface area contributed by atoms with E-state index < -0.39 is 18.1 Å². The van der Waals surface area contributed by atoms with Crippen LogP contribution in [-0.4, -0.2) is 52.3 Å². The zero-order valence-corrected chi connectivity index (χ0v) is 13.2. The molecule has 1 rings (SSSR count). The SMILES string of the molecule is CC(=O)NC(CSCC(O)CO)C(=O)OCc1ccccc1. The Morgan fingerprint density at radius 1 is 1.27 bits per heavy atom. The first-order chi connectivity index (χ1) is 10.5. The second kappa shape index (κ2) is 10.2. The van der Waals surface area contributed by atoms with Crippen LogP contribution in [0.25, 0.3) is 0 Å². The van der Waals surface area contributed by atoms with Gasteiger partial charge in [-0.2, -0.15) is 11.8 Å². The van der Waals surface area contributed by atoms with Gasteiger partial charge in [-0.25, -0.2) is 4.79 Å². The standard InChI is InChI=1S/C15H21NO5S/c1-11(18)16-14(10-22-9-13(19)7-17)15(20)21-8-12-5-3-2-4-6-12/h2-6,13-14,17,19H,7-10H2,1H3,(H,16,18). The van der Waals surface area contributed by atoms with Crippen LogP contribution in [0, 0.1) is 0 Å². The first-order valence-corrected chi connectivity index (χ1v) is 8.02. The van der Waals surface area contributed by atoms with Gasteiger partial charge in [0.05, 0.1) is 12.7 Å². The molecular formula is C15H21NO5S. The number of benzene rings is 1. The van der Waals surface area contributed by atoms with E-state index in [1.54, 1.807) is 0 Å². The molecule has 6 nitrogen and oxygen atoms in total. The van der Waals surface area contributed by atoms with Gasteiger partial charge in [0.1, 0.15) is 12.6 Å². The molecule has 0 spiro atoms. The largest absolute Gasteiger partial charge is 0.459 e. The molecule has 3 N–H and O–H groups in total. The summed E-state index contributed by atoms with van der Waals surface area (Å²) in [5.74, 6) is -0.307. The van der Waals surface area contributed by atoms with Crippen molar-refractivity contribution < 1.29 is 24.5 Å². The predicted molar refractivity (Wildman–Crippen MR) is 84.3 cm³/mol. The minimum absolute atomic E-state index is 0.139. The summed E-state index contributed by atoms with van der Waals surface area (Å²) < 4.78 is 5.20. The van der Waals surface area contributed by atoms with E-state index >= 15 is 0 Å². The minimum Gasteiger partial charge on any atom is -0.459 e. The van der Waals surface area contributed by atoms with Crippen LogP contribution in [0.5, 0.6) is 0 Å². The fourth-order valence-electron chi connectivity index (χ4n) is 1.62. The predicted octanol–water partition coefficient (Wildman–Crippen LogP) is 0.321. The highest BCUT2D eigenvalue weighted by Gasteiger charge is 2.21. The van der Waals surface area contributed by atoms with E-state index in [-0.39, 0.29) is 30.6 Å². The summed E-state index contributed by atoms with van der Waals surface area (Å²) in [6, 6.07) is 8.47. The highest BCUT2D eigenvalue weighted by Crippen LogP contribution is 2.08. The molecule has 22 heavy (non-hydrogen) atoms. The van der Waals surface area contributed by atoms with Gasteiger partial charge < -0.3 is 20.3 Å². The van der Waals surface area contributed by atoms with Gasteiger partial charge in [0.2, 0.25) is 5.91 Å². The zero-order valence-electron chi connectivity index (χ0n) is 12.4. The number of carbonyl (C=O) groups excluding carboxylic acids is 2. The van der Waals surface area contributed by atoms with Crippen molar-refractivity contribution in [1.82, 2.24) is 5.32 Å². The third-order valence-electron chi connectivity index (χ3n) is 2.69. The topological polar surface area (TPSA) is 95.9 Å². The lowest BCUT2D eigenvalue weighted by Gasteiger charge is -2.17. The average Bonchev–Trinajstić information content (AvgIpc) is 2.52. The Morgan fingerprint density at radius 2 is 1.95 bits per heavy atom. The van der Waals surface area contributed by atoms with Gasteiger partial charge in [-0.15, -0.1) is 0 Å². The normalized spacial score (nSPS) is 13.2. The fraction of sp³-hybridized carbons (Fsp3) is 0.467. The van der Waals surface area contributed by atoms with E-state index in [0.29, 0.717) is 0 Å². The molecule has 122 valence electrons. The quantitative estimate of drug-likeness (QED) is 0.565. The van der Waals surface area contributed by atoms with E-state index in [4.69, 9.17) is 9.84 Å². The smallest absolute Gasteiger partial charge is 0.329 e. The molecule has 0 aliphatic rings. The van der Waals surface area contributed by atoms with Gasteiger partial charge in [-0.3, -0.25) is 4.79 Å². The Labute approximate surface area is 133 Å². The highest BCUT2D eigenvalue weighted by molar-refractivity contribution is 7.99. The second-order valence-corrected chi connectivity index (χ2v) is 5.80. The first kappa shape index (κ1) is 18.5. The summed E-state index contributed by atoms with van der Waals surface area (Å²) in [7, 11) is 0. The Morgan fingerprint density at radius 3 is 2.55 bits per heavy atom. The Kier molecular flexibility index (Phi) is 8.57. The van der Waals surface area contributed by atoms with Gasteiger partial charge in [-0.1, -0.05) is 30.3 Å². The van der Waals surface area contributed by atoms with Crippen molar-refractivity contribution in [1.29, 1.82) is 0 Å².